The maximum Gasteiger partial charge on any atom is 0.408 e. The molecule has 3 atom stereocenters. The number of benzene rings is 1. The van der Waals surface area contributed by atoms with Gasteiger partial charge in [-0.2, -0.15) is 0 Å². The molecule has 1 aromatic carbocycles. The Balaban J connectivity index is 2.07. The summed E-state index contributed by atoms with van der Waals surface area (Å²) in [6.45, 7) is 6.27. The first-order chi connectivity index (χ1) is 9.40. The average Bonchev–Trinajstić information content (AvgIpc) is 3.14. The molecule has 0 bridgehead atoms. The summed E-state index contributed by atoms with van der Waals surface area (Å²) >= 11 is 0. The van der Waals surface area contributed by atoms with Gasteiger partial charge in [0.25, 0.3) is 0 Å². The number of amides is 1. The molecule has 0 aromatic heterocycles. The predicted octanol–water partition coefficient (Wildman–Crippen LogP) is 2.85. The van der Waals surface area contributed by atoms with Gasteiger partial charge >= 0.3 is 6.09 Å². The second kappa shape index (κ2) is 5.83. The summed E-state index contributed by atoms with van der Waals surface area (Å²) in [5, 5.41) is 3.00. The molecule has 1 aliphatic carbocycles. The van der Waals surface area contributed by atoms with E-state index in [-0.39, 0.29) is 12.1 Å². The fourth-order valence-corrected chi connectivity index (χ4v) is 2.48. The molecule has 110 valence electrons. The lowest BCUT2D eigenvalue weighted by Gasteiger charge is -2.24. The van der Waals surface area contributed by atoms with Gasteiger partial charge in [0.1, 0.15) is 5.60 Å². The first kappa shape index (κ1) is 14.9. The van der Waals surface area contributed by atoms with Crippen LogP contribution in [-0.2, 0) is 4.74 Å². The van der Waals surface area contributed by atoms with E-state index in [9.17, 15) is 4.79 Å². The topological polar surface area (TPSA) is 64.3 Å². The fraction of sp³-hybridized carbons (Fsp3) is 0.562. The molecule has 0 saturated heterocycles. The van der Waals surface area contributed by atoms with Gasteiger partial charge < -0.3 is 15.8 Å². The maximum absolute atomic E-state index is 12.0. The van der Waals surface area contributed by atoms with Gasteiger partial charge in [-0.05, 0) is 51.1 Å². The third kappa shape index (κ3) is 3.97. The van der Waals surface area contributed by atoms with E-state index in [2.05, 4.69) is 5.32 Å². The standard InChI is InChI=1S/C16H24N2O2/c1-16(2,3)20-15(19)18-14(13-9-12(13)10-17)11-7-5-4-6-8-11/h4-8,12-14H,9-10,17H2,1-3H3,(H,18,19)/t12-,13+,14?/m0/s1. The number of hydrogen-bond donors (Lipinski definition) is 2. The molecule has 3 N–H and O–H groups in total. The molecule has 0 radical (unpaired) electrons. The highest BCUT2D eigenvalue weighted by atomic mass is 16.6. The number of nitrogens with one attached hydrogen (secondary N) is 1. The summed E-state index contributed by atoms with van der Waals surface area (Å²) in [6, 6.07) is 10.0. The molecule has 0 spiro atoms. The van der Waals surface area contributed by atoms with Crippen LogP contribution in [0.25, 0.3) is 0 Å². The van der Waals surface area contributed by atoms with Crippen molar-refractivity contribution in [3.05, 3.63) is 35.9 Å². The second-order valence-corrected chi connectivity index (χ2v) is 6.43. The summed E-state index contributed by atoms with van der Waals surface area (Å²) in [7, 11) is 0. The highest BCUT2D eigenvalue weighted by molar-refractivity contribution is 5.68. The largest absolute Gasteiger partial charge is 0.444 e. The Hall–Kier alpha value is -1.55. The highest BCUT2D eigenvalue weighted by Gasteiger charge is 2.43. The third-order valence-corrected chi connectivity index (χ3v) is 3.54. The van der Waals surface area contributed by atoms with Crippen LogP contribution < -0.4 is 11.1 Å². The summed E-state index contributed by atoms with van der Waals surface area (Å²) in [5.41, 5.74) is 6.36. The van der Waals surface area contributed by atoms with Crippen molar-refractivity contribution in [3.63, 3.8) is 0 Å². The van der Waals surface area contributed by atoms with Gasteiger partial charge in [-0.25, -0.2) is 4.79 Å². The minimum Gasteiger partial charge on any atom is -0.444 e. The van der Waals surface area contributed by atoms with Crippen molar-refractivity contribution in [2.45, 2.75) is 38.8 Å². The van der Waals surface area contributed by atoms with E-state index >= 15 is 0 Å². The molecular formula is C16H24N2O2. The van der Waals surface area contributed by atoms with Crippen LogP contribution in [0.15, 0.2) is 30.3 Å². The number of carbonyl (C=O) groups excluding carboxylic acids is 1. The van der Waals surface area contributed by atoms with Crippen LogP contribution in [0.2, 0.25) is 0 Å². The summed E-state index contributed by atoms with van der Waals surface area (Å²) in [6.07, 6.45) is 0.695. The number of rotatable bonds is 4. The molecule has 4 nitrogen and oxygen atoms in total. The quantitative estimate of drug-likeness (QED) is 0.888. The van der Waals surface area contributed by atoms with Crippen LogP contribution in [0.3, 0.4) is 0 Å². The Labute approximate surface area is 120 Å². The van der Waals surface area contributed by atoms with Gasteiger partial charge in [-0.15, -0.1) is 0 Å². The zero-order valence-corrected chi connectivity index (χ0v) is 12.4. The highest BCUT2D eigenvalue weighted by Crippen LogP contribution is 2.46. The van der Waals surface area contributed by atoms with Gasteiger partial charge in [0.15, 0.2) is 0 Å². The summed E-state index contributed by atoms with van der Waals surface area (Å²) in [5.74, 6) is 0.907. The van der Waals surface area contributed by atoms with Crippen LogP contribution >= 0.6 is 0 Å². The number of alkyl carbamates (subject to hydrolysis) is 1. The Bertz CT molecular complexity index is 453. The molecule has 1 aliphatic rings. The average molecular weight is 276 g/mol. The number of nitrogens with two attached hydrogens (primary N) is 1. The molecular weight excluding hydrogens is 252 g/mol. The lowest BCUT2D eigenvalue weighted by molar-refractivity contribution is 0.0495. The first-order valence-electron chi connectivity index (χ1n) is 7.15. The minimum absolute atomic E-state index is 0.0143. The number of carbonyl (C=O) groups is 1. The molecule has 1 unspecified atom stereocenters. The SMILES string of the molecule is CC(C)(C)OC(=O)NC(c1ccccc1)[C@@H]1C[C@H]1CN. The number of hydrogen-bond acceptors (Lipinski definition) is 3. The van der Waals surface area contributed by atoms with E-state index in [1.165, 1.54) is 0 Å². The van der Waals surface area contributed by atoms with Crippen LogP contribution in [0.1, 0.15) is 38.8 Å². The van der Waals surface area contributed by atoms with E-state index in [1.807, 2.05) is 51.1 Å². The molecule has 1 amide bonds. The third-order valence-electron chi connectivity index (χ3n) is 3.54. The first-order valence-corrected chi connectivity index (χ1v) is 7.15. The monoisotopic (exact) mass is 276 g/mol. The van der Waals surface area contributed by atoms with Crippen LogP contribution in [-0.4, -0.2) is 18.2 Å². The summed E-state index contributed by atoms with van der Waals surface area (Å²) < 4.78 is 5.36. The molecule has 4 heteroatoms. The van der Waals surface area contributed by atoms with Gasteiger partial charge in [-0.1, -0.05) is 30.3 Å². The van der Waals surface area contributed by atoms with E-state index in [0.29, 0.717) is 18.4 Å². The van der Waals surface area contributed by atoms with Gasteiger partial charge in [0.2, 0.25) is 0 Å². The van der Waals surface area contributed by atoms with Crippen LogP contribution in [0.5, 0.6) is 0 Å². The van der Waals surface area contributed by atoms with Crippen molar-refractivity contribution in [2.75, 3.05) is 6.54 Å². The van der Waals surface area contributed by atoms with Crippen molar-refractivity contribution in [1.82, 2.24) is 5.32 Å². The van der Waals surface area contributed by atoms with Crippen molar-refractivity contribution in [2.24, 2.45) is 17.6 Å². The Morgan fingerprint density at radius 2 is 2.05 bits per heavy atom. The van der Waals surface area contributed by atoms with Crippen LogP contribution in [0, 0.1) is 11.8 Å². The molecule has 1 fully saturated rings. The molecule has 0 aliphatic heterocycles. The lowest BCUT2D eigenvalue weighted by atomic mass is 10.0. The van der Waals surface area contributed by atoms with Crippen molar-refractivity contribution in [3.8, 4) is 0 Å². The fourth-order valence-electron chi connectivity index (χ4n) is 2.48. The molecule has 1 aromatic rings. The van der Waals surface area contributed by atoms with E-state index in [0.717, 1.165) is 12.0 Å². The Kier molecular flexibility index (Phi) is 4.33. The van der Waals surface area contributed by atoms with Crippen molar-refractivity contribution >= 4 is 6.09 Å². The normalized spacial score (nSPS) is 23.0. The molecule has 0 heterocycles. The van der Waals surface area contributed by atoms with Crippen molar-refractivity contribution in [1.29, 1.82) is 0 Å². The van der Waals surface area contributed by atoms with Gasteiger partial charge in [0.05, 0.1) is 6.04 Å². The van der Waals surface area contributed by atoms with Crippen LogP contribution in [0.4, 0.5) is 4.79 Å². The van der Waals surface area contributed by atoms with Gasteiger partial charge in [-0.3, -0.25) is 0 Å². The predicted molar refractivity (Wildman–Crippen MR) is 79.2 cm³/mol. The van der Waals surface area contributed by atoms with E-state index in [1.54, 1.807) is 0 Å². The van der Waals surface area contributed by atoms with Crippen molar-refractivity contribution < 1.29 is 9.53 Å². The number of ether oxygens (including phenoxy) is 1. The zero-order valence-electron chi connectivity index (χ0n) is 12.4. The lowest BCUT2D eigenvalue weighted by Crippen LogP contribution is -2.36. The Morgan fingerprint density at radius 1 is 1.40 bits per heavy atom. The summed E-state index contributed by atoms with van der Waals surface area (Å²) in [4.78, 5) is 12.0. The Morgan fingerprint density at radius 3 is 2.55 bits per heavy atom. The van der Waals surface area contributed by atoms with E-state index < -0.39 is 5.60 Å². The smallest absolute Gasteiger partial charge is 0.408 e. The molecule has 1 saturated carbocycles. The zero-order chi connectivity index (χ0) is 14.8. The van der Waals surface area contributed by atoms with Gasteiger partial charge in [0, 0.05) is 0 Å². The van der Waals surface area contributed by atoms with E-state index in [4.69, 9.17) is 10.5 Å². The minimum atomic E-state index is -0.484. The second-order valence-electron chi connectivity index (χ2n) is 6.43. The molecule has 2 rings (SSSR count). The molecule has 20 heavy (non-hydrogen) atoms. The maximum atomic E-state index is 12.0.